The second-order valence-electron chi connectivity index (χ2n) is 7.19. The number of benzene rings is 2. The Hall–Kier alpha value is -2.66. The number of anilines is 1. The Morgan fingerprint density at radius 1 is 1.00 bits per heavy atom. The third-order valence-corrected chi connectivity index (χ3v) is 4.94. The maximum absolute atomic E-state index is 12.5. The van der Waals surface area contributed by atoms with Gasteiger partial charge in [0, 0.05) is 30.9 Å². The van der Waals surface area contributed by atoms with Crippen LogP contribution in [0, 0.1) is 5.92 Å². The molecule has 0 saturated carbocycles. The number of hydrogen-bond donors (Lipinski definition) is 2. The Balaban J connectivity index is 1.45. The van der Waals surface area contributed by atoms with Gasteiger partial charge in [-0.05, 0) is 48.6 Å². The first-order valence-corrected chi connectivity index (χ1v) is 9.55. The summed E-state index contributed by atoms with van der Waals surface area (Å²) < 4.78 is 0. The minimum absolute atomic E-state index is 0.0734. The van der Waals surface area contributed by atoms with Crippen molar-refractivity contribution in [2.24, 2.45) is 5.92 Å². The van der Waals surface area contributed by atoms with Gasteiger partial charge in [-0.25, -0.2) is 0 Å². The van der Waals surface area contributed by atoms with Gasteiger partial charge < -0.3 is 15.5 Å². The van der Waals surface area contributed by atoms with Gasteiger partial charge in [-0.3, -0.25) is 9.59 Å². The summed E-state index contributed by atoms with van der Waals surface area (Å²) in [7, 11) is 0. The first-order valence-electron chi connectivity index (χ1n) is 9.55. The van der Waals surface area contributed by atoms with Gasteiger partial charge in [0.1, 0.15) is 0 Å². The summed E-state index contributed by atoms with van der Waals surface area (Å²) in [6.07, 6.45) is 2.13. The maximum atomic E-state index is 12.5. The molecular weight excluding hydrogens is 338 g/mol. The maximum Gasteiger partial charge on any atom is 0.253 e. The molecule has 142 valence electrons. The van der Waals surface area contributed by atoms with Crippen LogP contribution in [0.4, 0.5) is 5.69 Å². The Morgan fingerprint density at radius 2 is 1.67 bits per heavy atom. The van der Waals surface area contributed by atoms with Crippen LogP contribution in [0.5, 0.6) is 0 Å². The minimum atomic E-state index is -0.102. The van der Waals surface area contributed by atoms with Gasteiger partial charge >= 0.3 is 0 Å². The van der Waals surface area contributed by atoms with E-state index in [1.54, 1.807) is 24.3 Å². The van der Waals surface area contributed by atoms with E-state index in [4.69, 9.17) is 0 Å². The second kappa shape index (κ2) is 9.33. The normalized spacial score (nSPS) is 14.8. The number of rotatable bonds is 6. The van der Waals surface area contributed by atoms with Crippen LogP contribution in [0.25, 0.3) is 0 Å². The van der Waals surface area contributed by atoms with E-state index in [1.165, 1.54) is 0 Å². The number of hydrogen-bond acceptors (Lipinski definition) is 3. The highest BCUT2D eigenvalue weighted by Crippen LogP contribution is 2.19. The molecule has 0 bridgehead atoms. The van der Waals surface area contributed by atoms with E-state index in [9.17, 15) is 9.59 Å². The standard InChI is InChI=1S/C22H27N3O2/c1-17-11-13-25(14-12-17)22(27)19-7-9-20(10-8-19)24-21(26)16-23-15-18-5-3-2-4-6-18/h2-10,17,23H,11-16H2,1H3,(H,24,26). The molecular formula is C22H27N3O2. The molecule has 1 saturated heterocycles. The molecule has 5 heteroatoms. The van der Waals surface area contributed by atoms with Gasteiger partial charge in [-0.15, -0.1) is 0 Å². The molecule has 3 rings (SSSR count). The molecule has 5 nitrogen and oxygen atoms in total. The van der Waals surface area contributed by atoms with Crippen LogP contribution in [0.15, 0.2) is 54.6 Å². The fraction of sp³-hybridized carbons (Fsp3) is 0.364. The van der Waals surface area contributed by atoms with E-state index in [2.05, 4.69) is 17.6 Å². The highest BCUT2D eigenvalue weighted by molar-refractivity contribution is 5.96. The second-order valence-corrected chi connectivity index (χ2v) is 7.19. The van der Waals surface area contributed by atoms with Crippen LogP contribution in [0.1, 0.15) is 35.7 Å². The summed E-state index contributed by atoms with van der Waals surface area (Å²) in [6, 6.07) is 17.1. The molecule has 0 aliphatic carbocycles. The number of likely N-dealkylation sites (tertiary alicyclic amines) is 1. The van der Waals surface area contributed by atoms with Crippen molar-refractivity contribution in [1.29, 1.82) is 0 Å². The molecule has 2 aromatic carbocycles. The van der Waals surface area contributed by atoms with E-state index < -0.39 is 0 Å². The van der Waals surface area contributed by atoms with E-state index in [0.717, 1.165) is 31.5 Å². The van der Waals surface area contributed by atoms with Crippen molar-refractivity contribution in [3.8, 4) is 0 Å². The van der Waals surface area contributed by atoms with Gasteiger partial charge in [0.25, 0.3) is 5.91 Å². The zero-order chi connectivity index (χ0) is 19.1. The van der Waals surface area contributed by atoms with Gasteiger partial charge in [-0.2, -0.15) is 0 Å². The van der Waals surface area contributed by atoms with Crippen LogP contribution >= 0.6 is 0 Å². The quantitative estimate of drug-likeness (QED) is 0.826. The fourth-order valence-corrected chi connectivity index (χ4v) is 3.21. The number of nitrogens with one attached hydrogen (secondary N) is 2. The molecule has 0 atom stereocenters. The van der Waals surface area contributed by atoms with E-state index >= 15 is 0 Å². The average molecular weight is 365 g/mol. The van der Waals surface area contributed by atoms with Gasteiger partial charge in [0.15, 0.2) is 0 Å². The summed E-state index contributed by atoms with van der Waals surface area (Å²) in [5, 5.41) is 5.98. The Morgan fingerprint density at radius 3 is 2.33 bits per heavy atom. The van der Waals surface area contributed by atoms with Crippen molar-refractivity contribution < 1.29 is 9.59 Å². The molecule has 1 heterocycles. The van der Waals surface area contributed by atoms with Crippen LogP contribution in [-0.2, 0) is 11.3 Å². The number of carbonyl (C=O) groups excluding carboxylic acids is 2. The lowest BCUT2D eigenvalue weighted by Gasteiger charge is -2.30. The molecule has 0 unspecified atom stereocenters. The van der Waals surface area contributed by atoms with E-state index in [-0.39, 0.29) is 18.4 Å². The molecule has 1 aliphatic heterocycles. The van der Waals surface area contributed by atoms with Crippen molar-refractivity contribution in [3.63, 3.8) is 0 Å². The third kappa shape index (κ3) is 5.66. The Bertz CT molecular complexity index is 751. The van der Waals surface area contributed by atoms with Crippen molar-refractivity contribution in [2.45, 2.75) is 26.3 Å². The molecule has 1 aliphatic rings. The van der Waals surface area contributed by atoms with E-state index in [1.807, 2.05) is 35.2 Å². The SMILES string of the molecule is CC1CCN(C(=O)c2ccc(NC(=O)CNCc3ccccc3)cc2)CC1. The highest BCUT2D eigenvalue weighted by Gasteiger charge is 2.21. The van der Waals surface area contributed by atoms with Gasteiger partial charge in [0.2, 0.25) is 5.91 Å². The van der Waals surface area contributed by atoms with Crippen molar-refractivity contribution in [1.82, 2.24) is 10.2 Å². The van der Waals surface area contributed by atoms with Gasteiger partial charge in [-0.1, -0.05) is 37.3 Å². The number of nitrogens with zero attached hydrogens (tertiary/aromatic N) is 1. The van der Waals surface area contributed by atoms with Gasteiger partial charge in [0.05, 0.1) is 6.54 Å². The third-order valence-electron chi connectivity index (χ3n) is 4.94. The number of carbonyl (C=O) groups is 2. The predicted octanol–water partition coefficient (Wildman–Crippen LogP) is 3.29. The fourth-order valence-electron chi connectivity index (χ4n) is 3.21. The lowest BCUT2D eigenvalue weighted by molar-refractivity contribution is -0.115. The molecule has 0 spiro atoms. The lowest BCUT2D eigenvalue weighted by atomic mass is 9.98. The first kappa shape index (κ1) is 19.1. The summed E-state index contributed by atoms with van der Waals surface area (Å²) >= 11 is 0. The molecule has 0 aromatic heterocycles. The van der Waals surface area contributed by atoms with Crippen LogP contribution in [-0.4, -0.2) is 36.3 Å². The average Bonchev–Trinajstić information content (AvgIpc) is 2.69. The van der Waals surface area contributed by atoms with Crippen molar-refractivity contribution in [3.05, 3.63) is 65.7 Å². The summed E-state index contributed by atoms with van der Waals surface area (Å²) in [5.41, 5.74) is 2.51. The Labute approximate surface area is 160 Å². The topological polar surface area (TPSA) is 61.4 Å². The molecule has 27 heavy (non-hydrogen) atoms. The summed E-state index contributed by atoms with van der Waals surface area (Å²) in [4.78, 5) is 26.5. The zero-order valence-electron chi connectivity index (χ0n) is 15.8. The molecule has 2 amide bonds. The molecule has 2 N–H and O–H groups in total. The number of amides is 2. The zero-order valence-corrected chi connectivity index (χ0v) is 15.8. The minimum Gasteiger partial charge on any atom is -0.339 e. The molecule has 2 aromatic rings. The van der Waals surface area contributed by atoms with Crippen molar-refractivity contribution in [2.75, 3.05) is 25.0 Å². The van der Waals surface area contributed by atoms with E-state index in [0.29, 0.717) is 23.7 Å². The van der Waals surface area contributed by atoms with Crippen molar-refractivity contribution >= 4 is 17.5 Å². The predicted molar refractivity (Wildman–Crippen MR) is 108 cm³/mol. The first-order chi connectivity index (χ1) is 13.1. The smallest absolute Gasteiger partial charge is 0.253 e. The highest BCUT2D eigenvalue weighted by atomic mass is 16.2. The molecule has 0 radical (unpaired) electrons. The lowest BCUT2D eigenvalue weighted by Crippen LogP contribution is -2.37. The molecule has 1 fully saturated rings. The van der Waals surface area contributed by atoms with Crippen LogP contribution < -0.4 is 10.6 Å². The summed E-state index contributed by atoms with van der Waals surface area (Å²) in [5.74, 6) is 0.668. The van der Waals surface area contributed by atoms with Crippen LogP contribution in [0.2, 0.25) is 0 Å². The van der Waals surface area contributed by atoms with Crippen LogP contribution in [0.3, 0.4) is 0 Å². The largest absolute Gasteiger partial charge is 0.339 e. The summed E-state index contributed by atoms with van der Waals surface area (Å²) in [6.45, 7) is 4.77. The monoisotopic (exact) mass is 365 g/mol. The Kier molecular flexibility index (Phi) is 6.60. The number of piperidine rings is 1.